The average Bonchev–Trinajstić information content (AvgIpc) is 2.89. The minimum atomic E-state index is -4.21. The minimum absolute atomic E-state index is 0.0683. The third kappa shape index (κ3) is 4.08. The summed E-state index contributed by atoms with van der Waals surface area (Å²) in [4.78, 5) is 21.6. The monoisotopic (exact) mass is 239 g/mol. The zero-order valence-corrected chi connectivity index (χ0v) is 8.38. The number of carboxylic acid groups (broad SMARTS) is 1. The number of carboxylic acids is 1. The van der Waals surface area contributed by atoms with Crippen LogP contribution in [0.4, 0.5) is 13.2 Å². The molecule has 1 rings (SSSR count). The molecular weight excluding hydrogens is 227 g/mol. The summed E-state index contributed by atoms with van der Waals surface area (Å²) in [5.74, 6) is -2.73. The van der Waals surface area contributed by atoms with Crippen LogP contribution in [0.5, 0.6) is 0 Å². The fourth-order valence-corrected chi connectivity index (χ4v) is 1.39. The van der Waals surface area contributed by atoms with E-state index >= 15 is 0 Å². The number of rotatable bonds is 5. The van der Waals surface area contributed by atoms with Gasteiger partial charge in [-0.2, -0.15) is 13.2 Å². The van der Waals surface area contributed by atoms with Crippen LogP contribution in [-0.2, 0) is 9.59 Å². The maximum Gasteiger partial charge on any atom is 0.389 e. The van der Waals surface area contributed by atoms with Gasteiger partial charge in [0.25, 0.3) is 0 Å². The fourth-order valence-electron chi connectivity index (χ4n) is 1.39. The highest BCUT2D eigenvalue weighted by Gasteiger charge is 2.48. The first kappa shape index (κ1) is 12.8. The number of aliphatic carboxylic acids is 1. The van der Waals surface area contributed by atoms with Crippen molar-refractivity contribution in [3.8, 4) is 0 Å². The van der Waals surface area contributed by atoms with Gasteiger partial charge in [-0.05, 0) is 12.8 Å². The molecule has 1 aliphatic carbocycles. The van der Waals surface area contributed by atoms with Gasteiger partial charge in [-0.3, -0.25) is 9.59 Å². The van der Waals surface area contributed by atoms with Gasteiger partial charge in [0.2, 0.25) is 5.91 Å². The summed E-state index contributed by atoms with van der Waals surface area (Å²) < 4.78 is 35.2. The number of hydrogen-bond donors (Lipinski definition) is 2. The topological polar surface area (TPSA) is 66.4 Å². The minimum Gasteiger partial charge on any atom is -0.481 e. The van der Waals surface area contributed by atoms with E-state index < -0.39 is 36.3 Å². The van der Waals surface area contributed by atoms with Crippen molar-refractivity contribution >= 4 is 11.9 Å². The zero-order valence-electron chi connectivity index (χ0n) is 8.38. The van der Waals surface area contributed by atoms with Crippen molar-refractivity contribution in [1.82, 2.24) is 5.32 Å². The summed E-state index contributed by atoms with van der Waals surface area (Å²) in [6.07, 6.45) is -5.06. The predicted molar refractivity (Wildman–Crippen MR) is 47.5 cm³/mol. The largest absolute Gasteiger partial charge is 0.481 e. The molecule has 1 saturated carbocycles. The van der Waals surface area contributed by atoms with Crippen molar-refractivity contribution in [1.29, 1.82) is 0 Å². The molecule has 4 nitrogen and oxygen atoms in total. The Hall–Kier alpha value is -1.27. The van der Waals surface area contributed by atoms with Gasteiger partial charge in [-0.15, -0.1) is 0 Å². The molecule has 0 saturated heterocycles. The van der Waals surface area contributed by atoms with Gasteiger partial charge in [0, 0.05) is 13.0 Å². The number of hydrogen-bond acceptors (Lipinski definition) is 2. The molecule has 2 unspecified atom stereocenters. The number of carbonyl (C=O) groups excluding carboxylic acids is 1. The van der Waals surface area contributed by atoms with Gasteiger partial charge in [-0.25, -0.2) is 0 Å². The Balaban J connectivity index is 2.11. The van der Waals surface area contributed by atoms with Crippen LogP contribution >= 0.6 is 0 Å². The molecule has 0 aromatic rings. The highest BCUT2D eigenvalue weighted by molar-refractivity contribution is 5.89. The molecule has 1 aliphatic rings. The lowest BCUT2D eigenvalue weighted by Crippen LogP contribution is -2.28. The van der Waals surface area contributed by atoms with Crippen LogP contribution in [0.2, 0.25) is 0 Å². The van der Waals surface area contributed by atoms with Crippen molar-refractivity contribution in [3.05, 3.63) is 0 Å². The lowest BCUT2D eigenvalue weighted by Gasteiger charge is -2.06. The summed E-state index contributed by atoms with van der Waals surface area (Å²) in [6, 6.07) is 0. The van der Waals surface area contributed by atoms with Crippen LogP contribution < -0.4 is 5.32 Å². The highest BCUT2D eigenvalue weighted by atomic mass is 19.4. The van der Waals surface area contributed by atoms with E-state index in [0.29, 0.717) is 0 Å². The number of carbonyl (C=O) groups is 2. The molecule has 92 valence electrons. The van der Waals surface area contributed by atoms with Crippen LogP contribution in [0.1, 0.15) is 19.3 Å². The van der Waals surface area contributed by atoms with Crippen LogP contribution in [0.15, 0.2) is 0 Å². The summed E-state index contributed by atoms with van der Waals surface area (Å²) in [5, 5.41) is 10.8. The molecule has 0 radical (unpaired) electrons. The third-order valence-corrected chi connectivity index (χ3v) is 2.38. The van der Waals surface area contributed by atoms with E-state index in [1.54, 1.807) is 0 Å². The SMILES string of the molecule is O=C(O)C1CC1C(=O)NCCCC(F)(F)F. The van der Waals surface area contributed by atoms with Gasteiger partial charge < -0.3 is 10.4 Å². The molecule has 0 aromatic heterocycles. The Morgan fingerprint density at radius 3 is 2.38 bits per heavy atom. The van der Waals surface area contributed by atoms with E-state index in [2.05, 4.69) is 5.32 Å². The maximum atomic E-state index is 11.7. The van der Waals surface area contributed by atoms with Gasteiger partial charge in [0.05, 0.1) is 11.8 Å². The standard InChI is InChI=1S/C9H12F3NO3/c10-9(11,12)2-1-3-13-7(14)5-4-6(5)8(15)16/h5-6H,1-4H2,(H,13,14)(H,15,16). The molecule has 7 heteroatoms. The van der Waals surface area contributed by atoms with E-state index in [1.807, 2.05) is 0 Å². The third-order valence-electron chi connectivity index (χ3n) is 2.38. The molecule has 0 aromatic carbocycles. The van der Waals surface area contributed by atoms with Crippen LogP contribution in [0.3, 0.4) is 0 Å². The average molecular weight is 239 g/mol. The van der Waals surface area contributed by atoms with Gasteiger partial charge in [0.1, 0.15) is 0 Å². The van der Waals surface area contributed by atoms with Crippen LogP contribution in [0.25, 0.3) is 0 Å². The second-order valence-electron chi connectivity index (χ2n) is 3.80. The van der Waals surface area contributed by atoms with Crippen molar-refractivity contribution in [3.63, 3.8) is 0 Å². The second kappa shape index (κ2) is 4.71. The Morgan fingerprint density at radius 1 is 1.31 bits per heavy atom. The lowest BCUT2D eigenvalue weighted by molar-refractivity contribution is -0.140. The molecule has 16 heavy (non-hydrogen) atoms. The summed E-state index contributed by atoms with van der Waals surface area (Å²) in [7, 11) is 0. The van der Waals surface area contributed by atoms with Crippen LogP contribution in [0, 0.1) is 11.8 Å². The number of amides is 1. The Labute approximate surface area is 89.8 Å². The second-order valence-corrected chi connectivity index (χ2v) is 3.80. The van der Waals surface area contributed by atoms with Crippen molar-refractivity contribution in [2.45, 2.75) is 25.4 Å². The normalized spacial score (nSPS) is 23.9. The van der Waals surface area contributed by atoms with Gasteiger partial charge in [0.15, 0.2) is 0 Å². The molecular formula is C9H12F3NO3. The molecule has 0 heterocycles. The summed E-state index contributed by atoms with van der Waals surface area (Å²) in [6.45, 7) is -0.0683. The quantitative estimate of drug-likeness (QED) is 0.707. The molecule has 1 fully saturated rings. The Bertz CT molecular complexity index is 290. The van der Waals surface area contributed by atoms with Crippen molar-refractivity contribution < 1.29 is 27.9 Å². The summed E-state index contributed by atoms with van der Waals surface area (Å²) >= 11 is 0. The van der Waals surface area contributed by atoms with E-state index in [0.717, 1.165) is 0 Å². The first-order valence-electron chi connectivity index (χ1n) is 4.88. The highest BCUT2D eigenvalue weighted by Crippen LogP contribution is 2.38. The number of halogens is 3. The smallest absolute Gasteiger partial charge is 0.389 e. The Morgan fingerprint density at radius 2 is 1.94 bits per heavy atom. The first-order valence-corrected chi connectivity index (χ1v) is 4.88. The van der Waals surface area contributed by atoms with Crippen molar-refractivity contribution in [2.75, 3.05) is 6.54 Å². The van der Waals surface area contributed by atoms with E-state index in [4.69, 9.17) is 5.11 Å². The summed E-state index contributed by atoms with van der Waals surface area (Å²) in [5.41, 5.74) is 0. The fraction of sp³-hybridized carbons (Fsp3) is 0.778. The zero-order chi connectivity index (χ0) is 12.3. The Kier molecular flexibility index (Phi) is 3.77. The van der Waals surface area contributed by atoms with Crippen LogP contribution in [-0.4, -0.2) is 29.7 Å². The maximum absolute atomic E-state index is 11.7. The predicted octanol–water partition coefficient (Wildman–Crippen LogP) is 1.17. The molecule has 0 spiro atoms. The first-order chi connectivity index (χ1) is 7.31. The molecule has 2 N–H and O–H groups in total. The van der Waals surface area contributed by atoms with E-state index in [-0.39, 0.29) is 19.4 Å². The molecule has 0 bridgehead atoms. The number of alkyl halides is 3. The lowest BCUT2D eigenvalue weighted by atomic mass is 10.2. The van der Waals surface area contributed by atoms with E-state index in [1.165, 1.54) is 0 Å². The van der Waals surface area contributed by atoms with Crippen molar-refractivity contribution in [2.24, 2.45) is 11.8 Å². The molecule has 1 amide bonds. The van der Waals surface area contributed by atoms with Gasteiger partial charge in [-0.1, -0.05) is 0 Å². The van der Waals surface area contributed by atoms with E-state index in [9.17, 15) is 22.8 Å². The number of nitrogens with one attached hydrogen (secondary N) is 1. The molecule has 2 atom stereocenters. The van der Waals surface area contributed by atoms with Gasteiger partial charge >= 0.3 is 12.1 Å². The molecule has 0 aliphatic heterocycles.